The molecule has 0 amide bonds. The number of hydrogen-bond donors (Lipinski definition) is 0. The van der Waals surface area contributed by atoms with Crippen molar-refractivity contribution in [3.8, 4) is 10.6 Å². The Morgan fingerprint density at radius 1 is 1.17 bits per heavy atom. The lowest BCUT2D eigenvalue weighted by atomic mass is 10.2. The van der Waals surface area contributed by atoms with Gasteiger partial charge in [-0.25, -0.2) is 9.97 Å². The highest BCUT2D eigenvalue weighted by atomic mass is 35.5. The topological polar surface area (TPSA) is 49.3 Å². The maximum Gasteiger partial charge on any atom is 0.195 e. The second kappa shape index (κ2) is 7.23. The quantitative estimate of drug-likeness (QED) is 0.611. The molecule has 0 aliphatic carbocycles. The van der Waals surface area contributed by atoms with Crippen molar-refractivity contribution in [2.45, 2.75) is 0 Å². The largest absolute Gasteiger partial charge is 0.304 e. The Bertz CT molecular complexity index is 693. The van der Waals surface area contributed by atoms with Crippen LogP contribution in [-0.4, -0.2) is 65.3 Å². The van der Waals surface area contributed by atoms with E-state index in [4.69, 9.17) is 23.2 Å². The second-order valence-corrected chi connectivity index (χ2v) is 7.17. The number of pyridine rings is 1. The van der Waals surface area contributed by atoms with Crippen LogP contribution in [0.4, 0.5) is 0 Å². The molecular formula is C15H16Cl2N4OS. The number of carbonyl (C=O) groups excluding carboxylic acids is 1. The first-order valence-corrected chi connectivity index (χ1v) is 8.88. The fourth-order valence-corrected chi connectivity index (χ4v) is 3.69. The number of piperazine rings is 1. The highest BCUT2D eigenvalue weighted by molar-refractivity contribution is 7.13. The molecule has 0 aromatic carbocycles. The van der Waals surface area contributed by atoms with Crippen LogP contribution in [0.3, 0.4) is 0 Å². The zero-order chi connectivity index (χ0) is 16.4. The van der Waals surface area contributed by atoms with E-state index in [2.05, 4.69) is 26.8 Å². The number of Topliss-reactive ketones (excluding diaryl/α,β-unsaturated/α-hetero) is 1. The van der Waals surface area contributed by atoms with Crippen molar-refractivity contribution < 1.29 is 4.79 Å². The number of likely N-dealkylation sites (N-methyl/N-ethyl adjacent to an activating group) is 1. The molecule has 2 aromatic heterocycles. The van der Waals surface area contributed by atoms with Gasteiger partial charge in [-0.3, -0.25) is 9.69 Å². The SMILES string of the molecule is CN1CCN(CC(=O)c2csc(-c3cc(Cl)nc(Cl)c3)n2)CC1. The molecular weight excluding hydrogens is 355 g/mol. The van der Waals surface area contributed by atoms with Crippen molar-refractivity contribution >= 4 is 40.3 Å². The predicted molar refractivity (Wildman–Crippen MR) is 93.6 cm³/mol. The molecule has 3 rings (SSSR count). The van der Waals surface area contributed by atoms with Gasteiger partial charge in [-0.15, -0.1) is 11.3 Å². The lowest BCUT2D eigenvalue weighted by molar-refractivity contribution is 0.0872. The van der Waals surface area contributed by atoms with Gasteiger partial charge in [0.15, 0.2) is 5.78 Å². The van der Waals surface area contributed by atoms with Crippen LogP contribution in [0.5, 0.6) is 0 Å². The maximum absolute atomic E-state index is 12.4. The molecule has 122 valence electrons. The summed E-state index contributed by atoms with van der Waals surface area (Å²) >= 11 is 13.2. The molecule has 1 aliphatic heterocycles. The number of aromatic nitrogens is 2. The monoisotopic (exact) mass is 370 g/mol. The Labute approximate surface area is 148 Å². The molecule has 1 saturated heterocycles. The smallest absolute Gasteiger partial charge is 0.195 e. The number of carbonyl (C=O) groups is 1. The van der Waals surface area contributed by atoms with E-state index in [0.29, 0.717) is 22.5 Å². The van der Waals surface area contributed by atoms with Gasteiger partial charge in [0, 0.05) is 37.1 Å². The van der Waals surface area contributed by atoms with E-state index in [1.807, 2.05) is 0 Å². The van der Waals surface area contributed by atoms with Gasteiger partial charge in [0.1, 0.15) is 21.0 Å². The molecule has 23 heavy (non-hydrogen) atoms. The fraction of sp³-hybridized carbons (Fsp3) is 0.400. The Hall–Kier alpha value is -1.05. The normalized spacial score (nSPS) is 16.7. The third kappa shape index (κ3) is 4.28. The third-order valence-corrected chi connectivity index (χ3v) is 5.04. The number of rotatable bonds is 4. The van der Waals surface area contributed by atoms with Crippen molar-refractivity contribution in [2.24, 2.45) is 0 Å². The average Bonchev–Trinajstić information content (AvgIpc) is 2.98. The summed E-state index contributed by atoms with van der Waals surface area (Å²) in [5.74, 6) is 0.0447. The van der Waals surface area contributed by atoms with Crippen molar-refractivity contribution in [1.29, 1.82) is 0 Å². The van der Waals surface area contributed by atoms with E-state index in [1.165, 1.54) is 11.3 Å². The van der Waals surface area contributed by atoms with E-state index in [9.17, 15) is 4.79 Å². The van der Waals surface area contributed by atoms with E-state index in [0.717, 1.165) is 36.8 Å². The summed E-state index contributed by atoms with van der Waals surface area (Å²) in [4.78, 5) is 25.2. The van der Waals surface area contributed by atoms with Crippen LogP contribution < -0.4 is 0 Å². The maximum atomic E-state index is 12.4. The van der Waals surface area contributed by atoms with Gasteiger partial charge in [-0.2, -0.15) is 0 Å². The molecule has 8 heteroatoms. The number of halogens is 2. The second-order valence-electron chi connectivity index (χ2n) is 5.54. The summed E-state index contributed by atoms with van der Waals surface area (Å²) in [6.45, 7) is 4.21. The molecule has 0 atom stereocenters. The predicted octanol–water partition coefficient (Wildman–Crippen LogP) is 2.94. The van der Waals surface area contributed by atoms with Crippen LogP contribution in [0, 0.1) is 0 Å². The van der Waals surface area contributed by atoms with Gasteiger partial charge in [-0.1, -0.05) is 23.2 Å². The highest BCUT2D eigenvalue weighted by Gasteiger charge is 2.19. The van der Waals surface area contributed by atoms with Crippen LogP contribution in [0.25, 0.3) is 10.6 Å². The molecule has 3 heterocycles. The molecule has 1 fully saturated rings. The number of thiazole rings is 1. The zero-order valence-corrected chi connectivity index (χ0v) is 15.0. The van der Waals surface area contributed by atoms with Crippen LogP contribution >= 0.6 is 34.5 Å². The van der Waals surface area contributed by atoms with Crippen molar-refractivity contribution in [2.75, 3.05) is 39.8 Å². The summed E-state index contributed by atoms with van der Waals surface area (Å²) in [6.07, 6.45) is 0. The van der Waals surface area contributed by atoms with E-state index in [1.54, 1.807) is 17.5 Å². The first-order valence-electron chi connectivity index (χ1n) is 7.24. The van der Waals surface area contributed by atoms with Crippen molar-refractivity contribution in [1.82, 2.24) is 19.8 Å². The molecule has 0 radical (unpaired) electrons. The Morgan fingerprint density at radius 3 is 2.48 bits per heavy atom. The first kappa shape index (κ1) is 16.8. The summed E-state index contributed by atoms with van der Waals surface area (Å²) in [5, 5.41) is 3.13. The lowest BCUT2D eigenvalue weighted by Crippen LogP contribution is -2.46. The van der Waals surface area contributed by atoms with Gasteiger partial charge < -0.3 is 4.90 Å². The van der Waals surface area contributed by atoms with E-state index < -0.39 is 0 Å². The minimum Gasteiger partial charge on any atom is -0.304 e. The molecule has 0 spiro atoms. The average molecular weight is 371 g/mol. The van der Waals surface area contributed by atoms with Crippen LogP contribution in [0.2, 0.25) is 10.3 Å². The fourth-order valence-electron chi connectivity index (χ4n) is 2.41. The molecule has 0 bridgehead atoms. The van der Waals surface area contributed by atoms with Crippen LogP contribution in [0.1, 0.15) is 10.5 Å². The van der Waals surface area contributed by atoms with E-state index in [-0.39, 0.29) is 5.78 Å². The standard InChI is InChI=1S/C15H16Cl2N4OS/c1-20-2-4-21(5-3-20)8-12(22)11-9-23-15(18-11)10-6-13(16)19-14(17)7-10/h6-7,9H,2-5,8H2,1H3. The Kier molecular flexibility index (Phi) is 5.28. The Morgan fingerprint density at radius 2 is 1.83 bits per heavy atom. The first-order chi connectivity index (χ1) is 11.0. The summed E-state index contributed by atoms with van der Waals surface area (Å²) in [7, 11) is 2.09. The van der Waals surface area contributed by atoms with Crippen LogP contribution in [0.15, 0.2) is 17.5 Å². The zero-order valence-electron chi connectivity index (χ0n) is 12.6. The number of nitrogens with zero attached hydrogens (tertiary/aromatic N) is 4. The van der Waals surface area contributed by atoms with Gasteiger partial charge >= 0.3 is 0 Å². The summed E-state index contributed by atoms with van der Waals surface area (Å²) in [6, 6.07) is 3.39. The Balaban J connectivity index is 1.70. The molecule has 5 nitrogen and oxygen atoms in total. The van der Waals surface area contributed by atoms with Gasteiger partial charge in [0.25, 0.3) is 0 Å². The minimum atomic E-state index is 0.0447. The number of hydrogen-bond acceptors (Lipinski definition) is 6. The van der Waals surface area contributed by atoms with Crippen molar-refractivity contribution in [3.63, 3.8) is 0 Å². The van der Waals surface area contributed by atoms with Crippen molar-refractivity contribution in [3.05, 3.63) is 33.5 Å². The molecule has 1 aliphatic rings. The lowest BCUT2D eigenvalue weighted by Gasteiger charge is -2.31. The van der Waals surface area contributed by atoms with Gasteiger partial charge in [0.05, 0.1) is 6.54 Å². The summed E-state index contributed by atoms with van der Waals surface area (Å²) in [5.41, 5.74) is 1.27. The minimum absolute atomic E-state index is 0.0447. The third-order valence-electron chi connectivity index (χ3n) is 3.76. The summed E-state index contributed by atoms with van der Waals surface area (Å²) < 4.78 is 0. The van der Waals surface area contributed by atoms with Gasteiger partial charge in [-0.05, 0) is 19.2 Å². The van der Waals surface area contributed by atoms with E-state index >= 15 is 0 Å². The molecule has 0 N–H and O–H groups in total. The van der Waals surface area contributed by atoms with Gasteiger partial charge in [0.2, 0.25) is 0 Å². The van der Waals surface area contributed by atoms with Crippen LogP contribution in [-0.2, 0) is 0 Å². The highest BCUT2D eigenvalue weighted by Crippen LogP contribution is 2.27. The molecule has 2 aromatic rings. The number of ketones is 1. The molecule has 0 saturated carbocycles. The molecule has 0 unspecified atom stereocenters.